The lowest BCUT2D eigenvalue weighted by Gasteiger charge is -2.29. The Kier molecular flexibility index (Phi) is 3.57. The molecule has 21 heavy (non-hydrogen) atoms. The molecule has 1 aliphatic heterocycles. The van der Waals surface area contributed by atoms with Crippen molar-refractivity contribution in [2.45, 2.75) is 38.4 Å². The second-order valence-corrected chi connectivity index (χ2v) is 7.13. The Morgan fingerprint density at radius 3 is 3.00 bits per heavy atom. The highest BCUT2D eigenvalue weighted by molar-refractivity contribution is 7.07. The summed E-state index contributed by atoms with van der Waals surface area (Å²) in [6, 6.07) is 2.94. The van der Waals surface area contributed by atoms with Gasteiger partial charge in [-0.3, -0.25) is 4.90 Å². The molecule has 1 spiro atoms. The van der Waals surface area contributed by atoms with E-state index in [4.69, 9.17) is 4.42 Å². The van der Waals surface area contributed by atoms with Crippen molar-refractivity contribution in [2.24, 2.45) is 5.41 Å². The lowest BCUT2D eigenvalue weighted by Crippen LogP contribution is -2.35. The number of rotatable bonds is 5. The van der Waals surface area contributed by atoms with Crippen molar-refractivity contribution in [3.8, 4) is 0 Å². The van der Waals surface area contributed by atoms with Gasteiger partial charge in [0.2, 0.25) is 0 Å². The minimum absolute atomic E-state index is 0.561. The monoisotopic (exact) mass is 303 g/mol. The van der Waals surface area contributed by atoms with Crippen molar-refractivity contribution in [3.63, 3.8) is 0 Å². The Balaban J connectivity index is 1.50. The van der Waals surface area contributed by atoms with Gasteiger partial charge in [0.15, 0.2) is 6.39 Å². The Morgan fingerprint density at radius 2 is 2.29 bits per heavy atom. The van der Waals surface area contributed by atoms with E-state index in [1.54, 1.807) is 17.6 Å². The number of hydrogen-bond donors (Lipinski definition) is 1. The van der Waals surface area contributed by atoms with E-state index in [1.165, 1.54) is 44.3 Å². The van der Waals surface area contributed by atoms with Gasteiger partial charge in [0.05, 0.1) is 5.69 Å². The smallest absolute Gasteiger partial charge is 0.180 e. The number of thiophene rings is 1. The zero-order valence-corrected chi connectivity index (χ0v) is 12.9. The average Bonchev–Trinajstić information content (AvgIpc) is 2.96. The van der Waals surface area contributed by atoms with Crippen LogP contribution >= 0.6 is 11.3 Å². The maximum atomic E-state index is 5.14. The second kappa shape index (κ2) is 5.55. The molecule has 0 radical (unpaired) electrons. The van der Waals surface area contributed by atoms with Gasteiger partial charge >= 0.3 is 0 Å². The number of aromatic nitrogens is 1. The maximum Gasteiger partial charge on any atom is 0.180 e. The first-order valence-corrected chi connectivity index (χ1v) is 8.63. The predicted octanol–water partition coefficient (Wildman–Crippen LogP) is 2.88. The van der Waals surface area contributed by atoms with Crippen LogP contribution in [0.15, 0.2) is 33.9 Å². The topological polar surface area (TPSA) is 41.3 Å². The molecule has 0 aromatic carbocycles. The Bertz CT molecular complexity index is 524. The van der Waals surface area contributed by atoms with E-state index >= 15 is 0 Å². The normalized spacial score (nSPS) is 23.8. The molecular formula is C16H21N3OS. The van der Waals surface area contributed by atoms with Gasteiger partial charge in [-0.15, -0.1) is 0 Å². The molecule has 1 saturated carbocycles. The van der Waals surface area contributed by atoms with Gasteiger partial charge < -0.3 is 9.73 Å². The summed E-state index contributed by atoms with van der Waals surface area (Å²) in [6.45, 7) is 4.27. The van der Waals surface area contributed by atoms with E-state index in [2.05, 4.69) is 32.0 Å². The first-order chi connectivity index (χ1) is 10.4. The third-order valence-electron chi connectivity index (χ3n) is 5.00. The van der Waals surface area contributed by atoms with Crippen LogP contribution in [-0.4, -0.2) is 29.0 Å². The van der Waals surface area contributed by atoms with E-state index in [9.17, 15) is 0 Å². The Morgan fingerprint density at radius 1 is 1.38 bits per heavy atom. The van der Waals surface area contributed by atoms with Crippen molar-refractivity contribution < 1.29 is 4.42 Å². The molecule has 3 heterocycles. The van der Waals surface area contributed by atoms with E-state index in [1.807, 2.05) is 0 Å². The number of hydrogen-bond acceptors (Lipinski definition) is 5. The molecular weight excluding hydrogens is 282 g/mol. The van der Waals surface area contributed by atoms with Crippen molar-refractivity contribution in [1.82, 2.24) is 15.2 Å². The SMILES string of the molecule is c1nc(CN(Cc2ccsc2)C2CC23CCNCC3)co1. The van der Waals surface area contributed by atoms with E-state index in [0.29, 0.717) is 11.5 Å². The van der Waals surface area contributed by atoms with Crippen molar-refractivity contribution in [1.29, 1.82) is 0 Å². The van der Waals surface area contributed by atoms with E-state index < -0.39 is 0 Å². The van der Waals surface area contributed by atoms with Gasteiger partial charge in [0.1, 0.15) is 6.26 Å². The summed E-state index contributed by atoms with van der Waals surface area (Å²) >= 11 is 1.78. The lowest BCUT2D eigenvalue weighted by atomic mass is 9.93. The fourth-order valence-corrected chi connectivity index (χ4v) is 4.38. The zero-order valence-electron chi connectivity index (χ0n) is 12.1. The van der Waals surface area contributed by atoms with Crippen LogP contribution in [0.1, 0.15) is 30.5 Å². The van der Waals surface area contributed by atoms with E-state index in [-0.39, 0.29) is 0 Å². The van der Waals surface area contributed by atoms with Crippen molar-refractivity contribution >= 4 is 11.3 Å². The Labute approximate surface area is 129 Å². The summed E-state index contributed by atoms with van der Waals surface area (Å²) in [7, 11) is 0. The van der Waals surface area contributed by atoms with Crippen LogP contribution in [0.5, 0.6) is 0 Å². The van der Waals surface area contributed by atoms with Gasteiger partial charge in [-0.1, -0.05) is 0 Å². The molecule has 2 fully saturated rings. The van der Waals surface area contributed by atoms with Crippen molar-refractivity contribution in [3.05, 3.63) is 40.7 Å². The molecule has 0 bridgehead atoms. The van der Waals surface area contributed by atoms with Crippen LogP contribution in [0.3, 0.4) is 0 Å². The number of piperidine rings is 1. The molecule has 5 heteroatoms. The molecule has 1 unspecified atom stereocenters. The van der Waals surface area contributed by atoms with Gasteiger partial charge in [-0.25, -0.2) is 4.98 Å². The summed E-state index contributed by atoms with van der Waals surface area (Å²) < 4.78 is 5.14. The van der Waals surface area contributed by atoms with E-state index in [0.717, 1.165) is 18.8 Å². The molecule has 2 aliphatic rings. The van der Waals surface area contributed by atoms with Gasteiger partial charge in [-0.05, 0) is 60.2 Å². The number of oxazole rings is 1. The first kappa shape index (κ1) is 13.5. The molecule has 2 aromatic rings. The molecule has 4 nitrogen and oxygen atoms in total. The van der Waals surface area contributed by atoms with Crippen LogP contribution in [0.2, 0.25) is 0 Å². The fraction of sp³-hybridized carbons (Fsp3) is 0.562. The zero-order chi connectivity index (χ0) is 14.1. The molecule has 2 aromatic heterocycles. The minimum Gasteiger partial charge on any atom is -0.451 e. The highest BCUT2D eigenvalue weighted by Gasteiger charge is 2.56. The Hall–Kier alpha value is -1.17. The number of nitrogens with one attached hydrogen (secondary N) is 1. The highest BCUT2D eigenvalue weighted by atomic mass is 32.1. The van der Waals surface area contributed by atoms with Crippen LogP contribution in [0, 0.1) is 5.41 Å². The van der Waals surface area contributed by atoms with Gasteiger partial charge in [-0.2, -0.15) is 11.3 Å². The van der Waals surface area contributed by atoms with Gasteiger partial charge in [0, 0.05) is 19.1 Å². The lowest BCUT2D eigenvalue weighted by molar-refractivity contribution is 0.186. The molecule has 112 valence electrons. The molecule has 1 N–H and O–H groups in total. The summed E-state index contributed by atoms with van der Waals surface area (Å²) in [5.74, 6) is 0. The third kappa shape index (κ3) is 2.78. The molecule has 1 aliphatic carbocycles. The molecule has 1 saturated heterocycles. The standard InChI is InChI=1S/C16H21N3OS/c1-6-21-11-13(1)8-19(9-14-10-20-12-18-14)15-7-16(15)2-4-17-5-3-16/h1,6,10-12,15,17H,2-5,7-9H2. The summed E-state index contributed by atoms with van der Waals surface area (Å²) in [4.78, 5) is 6.91. The molecule has 1 atom stereocenters. The fourth-order valence-electron chi connectivity index (χ4n) is 3.72. The molecule has 0 amide bonds. The quantitative estimate of drug-likeness (QED) is 0.922. The third-order valence-corrected chi connectivity index (χ3v) is 5.73. The van der Waals surface area contributed by atoms with Crippen LogP contribution in [0.25, 0.3) is 0 Å². The summed E-state index contributed by atoms with van der Waals surface area (Å²) in [5, 5.41) is 7.91. The summed E-state index contributed by atoms with van der Waals surface area (Å²) in [5.41, 5.74) is 3.02. The largest absolute Gasteiger partial charge is 0.451 e. The average molecular weight is 303 g/mol. The maximum absolute atomic E-state index is 5.14. The summed E-state index contributed by atoms with van der Waals surface area (Å²) in [6.07, 6.45) is 7.29. The minimum atomic E-state index is 0.561. The van der Waals surface area contributed by atoms with Crippen molar-refractivity contribution in [2.75, 3.05) is 13.1 Å². The van der Waals surface area contributed by atoms with Crippen LogP contribution in [0.4, 0.5) is 0 Å². The van der Waals surface area contributed by atoms with Gasteiger partial charge in [0.25, 0.3) is 0 Å². The number of nitrogens with zero attached hydrogens (tertiary/aromatic N) is 2. The molecule has 4 rings (SSSR count). The first-order valence-electron chi connectivity index (χ1n) is 7.69. The highest BCUT2D eigenvalue weighted by Crippen LogP contribution is 2.56. The van der Waals surface area contributed by atoms with Crippen LogP contribution < -0.4 is 5.32 Å². The predicted molar refractivity (Wildman–Crippen MR) is 83.0 cm³/mol. The second-order valence-electron chi connectivity index (χ2n) is 6.35. The van der Waals surface area contributed by atoms with Crippen LogP contribution in [-0.2, 0) is 13.1 Å².